The van der Waals surface area contributed by atoms with Crippen LogP contribution in [0.15, 0.2) is 12.4 Å². The lowest BCUT2D eigenvalue weighted by molar-refractivity contribution is 0.0940. The van der Waals surface area contributed by atoms with Crippen molar-refractivity contribution in [3.05, 3.63) is 18.0 Å². The molecule has 0 aliphatic carbocycles. The van der Waals surface area contributed by atoms with E-state index in [0.29, 0.717) is 12.0 Å². The molecule has 0 spiro atoms. The van der Waals surface area contributed by atoms with Gasteiger partial charge in [-0.2, -0.15) is 5.10 Å². The van der Waals surface area contributed by atoms with Crippen molar-refractivity contribution >= 4 is 5.78 Å². The van der Waals surface area contributed by atoms with Crippen LogP contribution in [0.2, 0.25) is 0 Å². The van der Waals surface area contributed by atoms with Crippen LogP contribution < -0.4 is 0 Å². The number of aromatic nitrogens is 2. The van der Waals surface area contributed by atoms with Crippen LogP contribution in [0, 0.1) is 5.41 Å². The second-order valence-corrected chi connectivity index (χ2v) is 4.56. The molecular weight excluding hydrogens is 164 g/mol. The zero-order valence-electron chi connectivity index (χ0n) is 8.66. The van der Waals surface area contributed by atoms with Crippen LogP contribution in [-0.2, 0) is 7.05 Å². The normalized spacial score (nSPS) is 11.7. The number of aryl methyl sites for hydroxylation is 1. The number of hydrogen-bond donors (Lipinski definition) is 0. The van der Waals surface area contributed by atoms with Crippen LogP contribution in [0.3, 0.4) is 0 Å². The van der Waals surface area contributed by atoms with Crippen molar-refractivity contribution in [2.45, 2.75) is 27.2 Å². The summed E-state index contributed by atoms with van der Waals surface area (Å²) >= 11 is 0. The fourth-order valence-corrected chi connectivity index (χ4v) is 1.15. The van der Waals surface area contributed by atoms with Crippen molar-refractivity contribution in [3.8, 4) is 0 Å². The van der Waals surface area contributed by atoms with Gasteiger partial charge in [0.05, 0.1) is 11.8 Å². The first-order valence-electron chi connectivity index (χ1n) is 4.40. The number of ketones is 1. The van der Waals surface area contributed by atoms with Crippen molar-refractivity contribution in [2.75, 3.05) is 0 Å². The van der Waals surface area contributed by atoms with Gasteiger partial charge >= 0.3 is 0 Å². The van der Waals surface area contributed by atoms with E-state index in [0.717, 1.165) is 0 Å². The van der Waals surface area contributed by atoms with Crippen molar-refractivity contribution in [2.24, 2.45) is 12.5 Å². The lowest BCUT2D eigenvalue weighted by atomic mass is 9.88. The van der Waals surface area contributed by atoms with E-state index < -0.39 is 0 Å². The highest BCUT2D eigenvalue weighted by atomic mass is 16.1. The molecule has 1 aromatic heterocycles. The molecule has 0 atom stereocenters. The molecule has 0 aliphatic rings. The largest absolute Gasteiger partial charge is 0.294 e. The van der Waals surface area contributed by atoms with Gasteiger partial charge in [-0.3, -0.25) is 9.48 Å². The minimum atomic E-state index is 0.0485. The van der Waals surface area contributed by atoms with Crippen LogP contribution in [0.5, 0.6) is 0 Å². The summed E-state index contributed by atoms with van der Waals surface area (Å²) in [6, 6.07) is 0. The summed E-state index contributed by atoms with van der Waals surface area (Å²) in [4.78, 5) is 11.6. The predicted molar refractivity (Wildman–Crippen MR) is 51.6 cm³/mol. The zero-order valence-corrected chi connectivity index (χ0v) is 8.66. The molecule has 0 saturated heterocycles. The molecule has 1 heterocycles. The molecule has 0 amide bonds. The lowest BCUT2D eigenvalue weighted by Crippen LogP contribution is -2.12. The highest BCUT2D eigenvalue weighted by Gasteiger charge is 2.17. The van der Waals surface area contributed by atoms with Crippen molar-refractivity contribution in [3.63, 3.8) is 0 Å². The first kappa shape index (κ1) is 9.96. The highest BCUT2D eigenvalue weighted by Crippen LogP contribution is 2.21. The molecule has 0 fully saturated rings. The van der Waals surface area contributed by atoms with E-state index in [-0.39, 0.29) is 11.2 Å². The monoisotopic (exact) mass is 180 g/mol. The average molecular weight is 180 g/mol. The third-order valence-electron chi connectivity index (χ3n) is 1.72. The zero-order chi connectivity index (χ0) is 10.1. The molecule has 0 aliphatic heterocycles. The summed E-state index contributed by atoms with van der Waals surface area (Å²) in [5.74, 6) is 0.167. The quantitative estimate of drug-likeness (QED) is 0.653. The van der Waals surface area contributed by atoms with Crippen LogP contribution >= 0.6 is 0 Å². The highest BCUT2D eigenvalue weighted by molar-refractivity contribution is 5.95. The third kappa shape index (κ3) is 3.01. The van der Waals surface area contributed by atoms with Crippen LogP contribution in [-0.4, -0.2) is 15.6 Å². The Bertz CT molecular complexity index is 307. The van der Waals surface area contributed by atoms with E-state index in [9.17, 15) is 4.79 Å². The van der Waals surface area contributed by atoms with Gasteiger partial charge in [0.25, 0.3) is 0 Å². The Labute approximate surface area is 78.8 Å². The number of carbonyl (C=O) groups excluding carboxylic acids is 1. The Balaban J connectivity index is 2.70. The molecule has 72 valence electrons. The molecule has 3 heteroatoms. The second kappa shape index (κ2) is 3.32. The summed E-state index contributed by atoms with van der Waals surface area (Å²) < 4.78 is 1.65. The van der Waals surface area contributed by atoms with Gasteiger partial charge in [-0.1, -0.05) is 20.8 Å². The molecule has 13 heavy (non-hydrogen) atoms. The summed E-state index contributed by atoms with van der Waals surface area (Å²) in [5, 5.41) is 3.96. The molecule has 1 aromatic rings. The second-order valence-electron chi connectivity index (χ2n) is 4.56. The molecule has 1 rings (SSSR count). The topological polar surface area (TPSA) is 34.9 Å². The number of carbonyl (C=O) groups is 1. The smallest absolute Gasteiger partial charge is 0.166 e. The first-order valence-corrected chi connectivity index (χ1v) is 4.40. The number of rotatable bonds is 2. The van der Waals surface area contributed by atoms with Gasteiger partial charge in [0.1, 0.15) is 0 Å². The minimum Gasteiger partial charge on any atom is -0.294 e. The van der Waals surface area contributed by atoms with E-state index in [1.807, 2.05) is 7.05 Å². The van der Waals surface area contributed by atoms with E-state index in [4.69, 9.17) is 0 Å². The van der Waals surface area contributed by atoms with Gasteiger partial charge in [0, 0.05) is 19.7 Å². The SMILES string of the molecule is Cn1cc(C(=O)CC(C)(C)C)cn1. The van der Waals surface area contributed by atoms with Gasteiger partial charge < -0.3 is 0 Å². The van der Waals surface area contributed by atoms with Gasteiger partial charge in [0.15, 0.2) is 5.78 Å². The average Bonchev–Trinajstić information content (AvgIpc) is 2.31. The van der Waals surface area contributed by atoms with Crippen LogP contribution in [0.4, 0.5) is 0 Å². The summed E-state index contributed by atoms with van der Waals surface area (Å²) in [7, 11) is 1.81. The van der Waals surface area contributed by atoms with Crippen molar-refractivity contribution in [1.82, 2.24) is 9.78 Å². The Morgan fingerprint density at radius 2 is 2.15 bits per heavy atom. The maximum atomic E-state index is 11.6. The Morgan fingerprint density at radius 1 is 1.54 bits per heavy atom. The van der Waals surface area contributed by atoms with Crippen LogP contribution in [0.1, 0.15) is 37.6 Å². The molecule has 0 saturated carbocycles. The van der Waals surface area contributed by atoms with Crippen molar-refractivity contribution < 1.29 is 4.79 Å². The van der Waals surface area contributed by atoms with Crippen LogP contribution in [0.25, 0.3) is 0 Å². The summed E-state index contributed by atoms with van der Waals surface area (Å²) in [6.45, 7) is 6.17. The van der Waals surface area contributed by atoms with Gasteiger partial charge in [-0.15, -0.1) is 0 Å². The first-order chi connectivity index (χ1) is 5.88. The van der Waals surface area contributed by atoms with E-state index in [2.05, 4.69) is 25.9 Å². The number of nitrogens with zero attached hydrogens (tertiary/aromatic N) is 2. The molecule has 3 nitrogen and oxygen atoms in total. The molecule has 0 aromatic carbocycles. The molecular formula is C10H16N2O. The fourth-order valence-electron chi connectivity index (χ4n) is 1.15. The van der Waals surface area contributed by atoms with Gasteiger partial charge in [-0.05, 0) is 5.41 Å². The Hall–Kier alpha value is -1.12. The standard InChI is InChI=1S/C10H16N2O/c1-10(2,3)5-9(13)8-6-11-12(4)7-8/h6-7H,5H2,1-4H3. The fraction of sp³-hybridized carbons (Fsp3) is 0.600. The Kier molecular flexibility index (Phi) is 2.55. The molecule has 0 radical (unpaired) electrons. The van der Waals surface area contributed by atoms with E-state index in [1.54, 1.807) is 17.1 Å². The van der Waals surface area contributed by atoms with E-state index in [1.165, 1.54) is 0 Å². The molecule has 0 unspecified atom stereocenters. The third-order valence-corrected chi connectivity index (χ3v) is 1.72. The lowest BCUT2D eigenvalue weighted by Gasteiger charge is -2.15. The number of Topliss-reactive ketones (excluding diaryl/α,β-unsaturated/α-hetero) is 1. The Morgan fingerprint density at radius 3 is 2.54 bits per heavy atom. The van der Waals surface area contributed by atoms with E-state index >= 15 is 0 Å². The summed E-state index contributed by atoms with van der Waals surface area (Å²) in [6.07, 6.45) is 3.95. The minimum absolute atomic E-state index is 0.0485. The maximum absolute atomic E-state index is 11.6. The number of hydrogen-bond acceptors (Lipinski definition) is 2. The molecule has 0 N–H and O–H groups in total. The maximum Gasteiger partial charge on any atom is 0.166 e. The predicted octanol–water partition coefficient (Wildman–Crippen LogP) is 2.04. The van der Waals surface area contributed by atoms with Gasteiger partial charge in [0.2, 0.25) is 0 Å². The molecule has 0 bridgehead atoms. The van der Waals surface area contributed by atoms with Gasteiger partial charge in [-0.25, -0.2) is 0 Å². The van der Waals surface area contributed by atoms with Crippen molar-refractivity contribution in [1.29, 1.82) is 0 Å². The summed E-state index contributed by atoms with van der Waals surface area (Å²) in [5.41, 5.74) is 0.754.